The van der Waals surface area contributed by atoms with Crippen LogP contribution in [-0.4, -0.2) is 10.5 Å². The van der Waals surface area contributed by atoms with E-state index in [0.29, 0.717) is 17.9 Å². The summed E-state index contributed by atoms with van der Waals surface area (Å²) in [5, 5.41) is 4.51. The minimum atomic E-state index is -0.133. The van der Waals surface area contributed by atoms with Crippen molar-refractivity contribution in [2.75, 3.05) is 11.1 Å². The summed E-state index contributed by atoms with van der Waals surface area (Å²) < 4.78 is 1.52. The predicted octanol–water partition coefficient (Wildman–Crippen LogP) is 1.83. The Morgan fingerprint density at radius 1 is 1.47 bits per heavy atom. The largest absolute Gasteiger partial charge is 0.398 e. The van der Waals surface area contributed by atoms with Crippen LogP contribution in [0.4, 0.5) is 11.4 Å². The number of thiazole rings is 1. The molecule has 2 rings (SSSR count). The van der Waals surface area contributed by atoms with Crippen molar-refractivity contribution in [3.05, 3.63) is 45.0 Å². The van der Waals surface area contributed by atoms with Gasteiger partial charge in [0.1, 0.15) is 0 Å². The first-order valence-electron chi connectivity index (χ1n) is 5.87. The van der Waals surface area contributed by atoms with Crippen LogP contribution >= 0.6 is 11.3 Å². The van der Waals surface area contributed by atoms with Crippen LogP contribution in [0.5, 0.6) is 0 Å². The Bertz CT molecular complexity index is 645. The van der Waals surface area contributed by atoms with Crippen molar-refractivity contribution >= 4 is 28.6 Å². The van der Waals surface area contributed by atoms with Crippen LogP contribution in [-0.2, 0) is 11.3 Å². The fraction of sp³-hybridized carbons (Fsp3) is 0.231. The summed E-state index contributed by atoms with van der Waals surface area (Å²) in [7, 11) is 0. The van der Waals surface area contributed by atoms with Gasteiger partial charge >= 0.3 is 4.87 Å². The number of hydrogen-bond acceptors (Lipinski definition) is 4. The lowest BCUT2D eigenvalue weighted by Gasteiger charge is -2.10. The molecule has 1 aromatic carbocycles. The zero-order chi connectivity index (χ0) is 13.8. The minimum Gasteiger partial charge on any atom is -0.398 e. The summed E-state index contributed by atoms with van der Waals surface area (Å²) in [5.41, 5.74) is 7.98. The molecule has 0 fully saturated rings. The Kier molecular flexibility index (Phi) is 4.01. The highest BCUT2D eigenvalue weighted by Gasteiger charge is 2.07. The molecule has 0 unspecified atom stereocenters. The van der Waals surface area contributed by atoms with E-state index in [4.69, 9.17) is 5.73 Å². The summed E-state index contributed by atoms with van der Waals surface area (Å²) in [6, 6.07) is 5.39. The fourth-order valence-corrected chi connectivity index (χ4v) is 2.29. The Labute approximate surface area is 114 Å². The van der Waals surface area contributed by atoms with Crippen LogP contribution in [0, 0.1) is 6.92 Å². The third-order valence-electron chi connectivity index (χ3n) is 2.87. The number of amides is 1. The number of aryl methyl sites for hydroxylation is 1. The van der Waals surface area contributed by atoms with Crippen molar-refractivity contribution < 1.29 is 4.79 Å². The maximum Gasteiger partial charge on any atom is 0.307 e. The minimum absolute atomic E-state index is 0.0482. The van der Waals surface area contributed by atoms with E-state index in [1.807, 2.05) is 6.92 Å². The van der Waals surface area contributed by atoms with Crippen molar-refractivity contribution in [3.8, 4) is 0 Å². The van der Waals surface area contributed by atoms with E-state index < -0.39 is 0 Å². The molecule has 0 spiro atoms. The first kappa shape index (κ1) is 13.4. The van der Waals surface area contributed by atoms with Gasteiger partial charge in [0.2, 0.25) is 5.91 Å². The molecule has 0 saturated heterocycles. The maximum absolute atomic E-state index is 11.8. The van der Waals surface area contributed by atoms with Crippen molar-refractivity contribution in [1.29, 1.82) is 0 Å². The molecule has 0 saturated carbocycles. The van der Waals surface area contributed by atoms with Crippen LogP contribution in [0.2, 0.25) is 0 Å². The van der Waals surface area contributed by atoms with E-state index in [1.54, 1.807) is 29.8 Å². The molecule has 0 aliphatic heterocycles. The first-order valence-corrected chi connectivity index (χ1v) is 6.75. The highest BCUT2D eigenvalue weighted by Crippen LogP contribution is 2.20. The van der Waals surface area contributed by atoms with Gasteiger partial charge in [0.25, 0.3) is 0 Å². The van der Waals surface area contributed by atoms with Crippen molar-refractivity contribution in [2.24, 2.45) is 0 Å². The van der Waals surface area contributed by atoms with Gasteiger partial charge in [-0.1, -0.05) is 17.4 Å². The van der Waals surface area contributed by atoms with Gasteiger partial charge in [-0.3, -0.25) is 9.59 Å². The van der Waals surface area contributed by atoms with Gasteiger partial charge in [-0.05, 0) is 24.6 Å². The Morgan fingerprint density at radius 3 is 2.95 bits per heavy atom. The number of carbonyl (C=O) groups is 1. The molecule has 2 aromatic rings. The Morgan fingerprint density at radius 2 is 2.26 bits per heavy atom. The second kappa shape index (κ2) is 5.71. The summed E-state index contributed by atoms with van der Waals surface area (Å²) >= 11 is 1.12. The van der Waals surface area contributed by atoms with Gasteiger partial charge in [-0.25, -0.2) is 0 Å². The topological polar surface area (TPSA) is 77.1 Å². The standard InChI is InChI=1S/C13H15N3O2S/c1-9-10(14)3-2-4-11(9)15-12(17)5-6-16-7-8-19-13(16)18/h2-4,7-8H,5-6,14H2,1H3,(H,15,17). The molecule has 1 amide bonds. The molecule has 0 radical (unpaired) electrons. The molecule has 1 aromatic heterocycles. The third-order valence-corrected chi connectivity index (χ3v) is 3.57. The van der Waals surface area contributed by atoms with Gasteiger partial charge in [-0.2, -0.15) is 0 Å². The SMILES string of the molecule is Cc1c(N)cccc1NC(=O)CCn1ccsc1=O. The van der Waals surface area contributed by atoms with Crippen molar-refractivity contribution in [1.82, 2.24) is 4.57 Å². The number of nitrogens with two attached hydrogens (primary N) is 1. The number of nitrogens with zero attached hydrogens (tertiary/aromatic N) is 1. The number of nitrogens with one attached hydrogen (secondary N) is 1. The van der Waals surface area contributed by atoms with Crippen molar-refractivity contribution in [3.63, 3.8) is 0 Å². The molecule has 100 valence electrons. The summed E-state index contributed by atoms with van der Waals surface area (Å²) in [5.74, 6) is -0.133. The normalized spacial score (nSPS) is 10.4. The highest BCUT2D eigenvalue weighted by molar-refractivity contribution is 7.07. The van der Waals surface area contributed by atoms with Gasteiger partial charge in [0, 0.05) is 35.9 Å². The van der Waals surface area contributed by atoms with Gasteiger partial charge in [0.15, 0.2) is 0 Å². The molecule has 3 N–H and O–H groups in total. The van der Waals surface area contributed by atoms with E-state index in [-0.39, 0.29) is 17.2 Å². The third kappa shape index (κ3) is 3.23. The number of anilines is 2. The molecule has 0 atom stereocenters. The zero-order valence-electron chi connectivity index (χ0n) is 10.6. The van der Waals surface area contributed by atoms with Crippen LogP contribution in [0.1, 0.15) is 12.0 Å². The summed E-state index contributed by atoms with van der Waals surface area (Å²) in [6.45, 7) is 2.24. The van der Waals surface area contributed by atoms with Crippen molar-refractivity contribution in [2.45, 2.75) is 19.9 Å². The number of hydrogen-bond donors (Lipinski definition) is 2. The molecule has 1 heterocycles. The summed E-state index contributed by atoms with van der Waals surface area (Å²) in [4.78, 5) is 23.1. The highest BCUT2D eigenvalue weighted by atomic mass is 32.1. The van der Waals surface area contributed by atoms with Crippen LogP contribution in [0.3, 0.4) is 0 Å². The molecular formula is C13H15N3O2S. The number of rotatable bonds is 4. The molecule has 6 heteroatoms. The quantitative estimate of drug-likeness (QED) is 0.837. The van der Waals surface area contributed by atoms with E-state index in [1.165, 1.54) is 4.57 Å². The van der Waals surface area contributed by atoms with E-state index in [9.17, 15) is 9.59 Å². The molecule has 5 nitrogen and oxygen atoms in total. The predicted molar refractivity (Wildman–Crippen MR) is 77.4 cm³/mol. The fourth-order valence-electron chi connectivity index (χ4n) is 1.68. The van der Waals surface area contributed by atoms with E-state index in [0.717, 1.165) is 16.9 Å². The second-order valence-electron chi connectivity index (χ2n) is 4.18. The Hall–Kier alpha value is -2.08. The molecule has 19 heavy (non-hydrogen) atoms. The van der Waals surface area contributed by atoms with Gasteiger partial charge in [0.05, 0.1) is 0 Å². The average molecular weight is 277 g/mol. The lowest BCUT2D eigenvalue weighted by Crippen LogP contribution is -2.19. The molecule has 0 aliphatic carbocycles. The monoisotopic (exact) mass is 277 g/mol. The average Bonchev–Trinajstić information content (AvgIpc) is 2.78. The van der Waals surface area contributed by atoms with Gasteiger partial charge in [-0.15, -0.1) is 0 Å². The smallest absolute Gasteiger partial charge is 0.307 e. The zero-order valence-corrected chi connectivity index (χ0v) is 11.4. The number of benzene rings is 1. The van der Waals surface area contributed by atoms with Gasteiger partial charge < -0.3 is 15.6 Å². The second-order valence-corrected chi connectivity index (χ2v) is 5.04. The number of aromatic nitrogens is 1. The maximum atomic E-state index is 11.8. The van der Waals surface area contributed by atoms with Crippen LogP contribution in [0.25, 0.3) is 0 Å². The lowest BCUT2D eigenvalue weighted by molar-refractivity contribution is -0.116. The van der Waals surface area contributed by atoms with E-state index >= 15 is 0 Å². The molecule has 0 bridgehead atoms. The first-order chi connectivity index (χ1) is 9.08. The number of nitrogen functional groups attached to an aromatic ring is 1. The van der Waals surface area contributed by atoms with Crippen LogP contribution in [0.15, 0.2) is 34.6 Å². The van der Waals surface area contributed by atoms with Crippen LogP contribution < -0.4 is 15.9 Å². The number of carbonyl (C=O) groups excluding carboxylic acids is 1. The Balaban J connectivity index is 1.96. The lowest BCUT2D eigenvalue weighted by atomic mass is 10.1. The molecular weight excluding hydrogens is 262 g/mol. The summed E-state index contributed by atoms with van der Waals surface area (Å²) in [6.07, 6.45) is 1.94. The molecule has 0 aliphatic rings. The van der Waals surface area contributed by atoms with E-state index in [2.05, 4.69) is 5.32 Å².